The van der Waals surface area contributed by atoms with Crippen molar-refractivity contribution in [2.24, 2.45) is 15.9 Å². The van der Waals surface area contributed by atoms with Gasteiger partial charge in [-0.15, -0.1) is 0 Å². The molecule has 2 aromatic carbocycles. The third-order valence-corrected chi connectivity index (χ3v) is 4.35. The standard InChI is InChI=1S/C21H20N2O3/c1-12(2)25-16-6-4-5-14(10-16)19-22-20(24)17-11-15-9-13(3)7-8-18(15)26-21(17)23-19/h4-10,12,17H,11H2,1-3H3. The summed E-state index contributed by atoms with van der Waals surface area (Å²) in [6.07, 6.45) is 0.639. The number of hydrogen-bond donors (Lipinski definition) is 0. The Kier molecular flexibility index (Phi) is 4.07. The van der Waals surface area contributed by atoms with Gasteiger partial charge in [0.1, 0.15) is 17.4 Å². The molecule has 0 saturated heterocycles. The van der Waals surface area contributed by atoms with Gasteiger partial charge in [0.2, 0.25) is 5.90 Å². The highest BCUT2D eigenvalue weighted by Gasteiger charge is 2.35. The van der Waals surface area contributed by atoms with Crippen LogP contribution in [0.3, 0.4) is 0 Å². The second-order valence-electron chi connectivity index (χ2n) is 6.89. The fraction of sp³-hybridized carbons (Fsp3) is 0.286. The maximum atomic E-state index is 12.6. The molecule has 2 aliphatic heterocycles. The molecule has 0 spiro atoms. The van der Waals surface area contributed by atoms with Crippen LogP contribution in [0, 0.1) is 12.8 Å². The van der Waals surface area contributed by atoms with E-state index in [0.717, 1.165) is 28.2 Å². The summed E-state index contributed by atoms with van der Waals surface area (Å²) >= 11 is 0. The van der Waals surface area contributed by atoms with Crippen molar-refractivity contribution in [3.05, 3.63) is 59.2 Å². The van der Waals surface area contributed by atoms with Gasteiger partial charge in [0, 0.05) is 5.56 Å². The highest BCUT2D eigenvalue weighted by Crippen LogP contribution is 2.32. The lowest BCUT2D eigenvalue weighted by molar-refractivity contribution is -0.120. The van der Waals surface area contributed by atoms with Crippen molar-refractivity contribution in [3.8, 4) is 11.5 Å². The van der Waals surface area contributed by atoms with Gasteiger partial charge in [0.15, 0.2) is 5.84 Å². The van der Waals surface area contributed by atoms with Crippen LogP contribution in [0.2, 0.25) is 0 Å². The Balaban J connectivity index is 1.67. The smallest absolute Gasteiger partial charge is 0.260 e. The number of nitrogens with zero attached hydrogens (tertiary/aromatic N) is 2. The summed E-state index contributed by atoms with van der Waals surface area (Å²) in [7, 11) is 0. The predicted molar refractivity (Wildman–Crippen MR) is 100 cm³/mol. The first-order valence-electron chi connectivity index (χ1n) is 8.75. The van der Waals surface area contributed by atoms with Crippen LogP contribution in [0.25, 0.3) is 0 Å². The van der Waals surface area contributed by atoms with Crippen molar-refractivity contribution in [1.29, 1.82) is 0 Å². The molecule has 0 bridgehead atoms. The summed E-state index contributed by atoms with van der Waals surface area (Å²) in [4.78, 5) is 21.3. The van der Waals surface area contributed by atoms with E-state index in [1.54, 1.807) is 0 Å². The number of carbonyl (C=O) groups is 1. The number of hydrogen-bond acceptors (Lipinski definition) is 4. The van der Waals surface area contributed by atoms with Crippen molar-refractivity contribution in [2.45, 2.75) is 33.3 Å². The molecule has 0 aliphatic carbocycles. The van der Waals surface area contributed by atoms with E-state index in [1.165, 1.54) is 0 Å². The summed E-state index contributed by atoms with van der Waals surface area (Å²) < 4.78 is 11.6. The molecule has 4 rings (SSSR count). The lowest BCUT2D eigenvalue weighted by atomic mass is 9.93. The van der Waals surface area contributed by atoms with E-state index in [0.29, 0.717) is 18.2 Å². The first kappa shape index (κ1) is 16.5. The topological polar surface area (TPSA) is 60.2 Å². The van der Waals surface area contributed by atoms with Crippen molar-refractivity contribution < 1.29 is 14.3 Å². The zero-order valence-corrected chi connectivity index (χ0v) is 15.0. The summed E-state index contributed by atoms with van der Waals surface area (Å²) in [5, 5.41) is 0. The summed E-state index contributed by atoms with van der Waals surface area (Å²) in [5.41, 5.74) is 2.90. The molecular weight excluding hydrogens is 328 g/mol. The lowest BCUT2D eigenvalue weighted by Gasteiger charge is -2.27. The number of amidine groups is 1. The van der Waals surface area contributed by atoms with Crippen molar-refractivity contribution in [1.82, 2.24) is 0 Å². The van der Waals surface area contributed by atoms with Gasteiger partial charge in [-0.2, -0.15) is 9.98 Å². The Bertz CT molecular complexity index is 944. The van der Waals surface area contributed by atoms with Crippen LogP contribution in [0.4, 0.5) is 0 Å². The van der Waals surface area contributed by atoms with Crippen LogP contribution in [0.5, 0.6) is 11.5 Å². The molecule has 1 unspecified atom stereocenters. The lowest BCUT2D eigenvalue weighted by Crippen LogP contribution is -2.37. The van der Waals surface area contributed by atoms with Crippen molar-refractivity contribution in [2.75, 3.05) is 0 Å². The molecule has 0 fully saturated rings. The third kappa shape index (κ3) is 3.12. The molecule has 1 amide bonds. The molecule has 2 heterocycles. The van der Waals surface area contributed by atoms with Crippen molar-refractivity contribution >= 4 is 17.6 Å². The predicted octanol–water partition coefficient (Wildman–Crippen LogP) is 3.72. The quantitative estimate of drug-likeness (QED) is 0.849. The first-order chi connectivity index (χ1) is 12.5. The molecule has 132 valence electrons. The van der Waals surface area contributed by atoms with E-state index in [-0.39, 0.29) is 12.0 Å². The van der Waals surface area contributed by atoms with Gasteiger partial charge in [-0.05, 0) is 51.0 Å². The minimum Gasteiger partial charge on any atom is -0.491 e. The molecule has 2 aromatic rings. The maximum Gasteiger partial charge on any atom is 0.260 e. The van der Waals surface area contributed by atoms with Crippen molar-refractivity contribution in [3.63, 3.8) is 0 Å². The number of carbonyl (C=O) groups excluding carboxylic acids is 1. The molecule has 26 heavy (non-hydrogen) atoms. The van der Waals surface area contributed by atoms with Crippen LogP contribution in [-0.4, -0.2) is 23.7 Å². The van der Waals surface area contributed by atoms with Crippen LogP contribution in [-0.2, 0) is 11.2 Å². The van der Waals surface area contributed by atoms with Gasteiger partial charge in [0.05, 0.1) is 6.10 Å². The van der Waals surface area contributed by atoms with E-state index in [2.05, 4.69) is 9.98 Å². The number of aryl methyl sites for hydroxylation is 1. The summed E-state index contributed by atoms with van der Waals surface area (Å²) in [6.45, 7) is 5.96. The summed E-state index contributed by atoms with van der Waals surface area (Å²) in [5.74, 6) is 1.62. The normalized spacial score (nSPS) is 18.5. The summed E-state index contributed by atoms with van der Waals surface area (Å²) in [6, 6.07) is 13.4. The minimum atomic E-state index is -0.442. The largest absolute Gasteiger partial charge is 0.491 e. The average molecular weight is 348 g/mol. The Morgan fingerprint density at radius 2 is 2.00 bits per heavy atom. The second kappa shape index (κ2) is 6.41. The highest BCUT2D eigenvalue weighted by atomic mass is 16.5. The van der Waals surface area contributed by atoms with E-state index >= 15 is 0 Å². The van der Waals surface area contributed by atoms with Gasteiger partial charge >= 0.3 is 0 Å². The molecule has 0 radical (unpaired) electrons. The maximum absolute atomic E-state index is 12.6. The molecule has 0 aromatic heterocycles. The Morgan fingerprint density at radius 1 is 1.15 bits per heavy atom. The monoisotopic (exact) mass is 348 g/mol. The van der Waals surface area contributed by atoms with Gasteiger partial charge in [-0.25, -0.2) is 0 Å². The number of fused-ring (bicyclic) bond motifs is 2. The first-order valence-corrected chi connectivity index (χ1v) is 8.75. The minimum absolute atomic E-state index is 0.0671. The second-order valence-corrected chi connectivity index (χ2v) is 6.89. The van der Waals surface area contributed by atoms with Gasteiger partial charge in [0.25, 0.3) is 5.91 Å². The number of aliphatic imine (C=N–C) groups is 2. The van der Waals surface area contributed by atoms with Gasteiger partial charge < -0.3 is 9.47 Å². The number of rotatable bonds is 3. The van der Waals surface area contributed by atoms with Crippen LogP contribution >= 0.6 is 0 Å². The van der Waals surface area contributed by atoms with Gasteiger partial charge in [-0.3, -0.25) is 4.79 Å². The molecule has 5 heteroatoms. The number of ether oxygens (including phenoxy) is 2. The number of benzene rings is 2. The zero-order valence-electron chi connectivity index (χ0n) is 15.0. The zero-order chi connectivity index (χ0) is 18.3. The molecule has 2 aliphatic rings. The van der Waals surface area contributed by atoms with Crippen LogP contribution in [0.1, 0.15) is 30.5 Å². The molecule has 0 saturated carbocycles. The highest BCUT2D eigenvalue weighted by molar-refractivity contribution is 6.19. The SMILES string of the molecule is Cc1ccc2c(c1)CC1C(=O)N=C(c3cccc(OC(C)C)c3)N=C1O2. The number of amides is 1. The van der Waals surface area contributed by atoms with Crippen LogP contribution in [0.15, 0.2) is 52.4 Å². The van der Waals surface area contributed by atoms with E-state index in [4.69, 9.17) is 9.47 Å². The fourth-order valence-electron chi connectivity index (χ4n) is 3.17. The molecule has 5 nitrogen and oxygen atoms in total. The van der Waals surface area contributed by atoms with Gasteiger partial charge in [-0.1, -0.05) is 29.8 Å². The molecule has 1 atom stereocenters. The van der Waals surface area contributed by atoms with E-state index in [9.17, 15) is 4.79 Å². The van der Waals surface area contributed by atoms with E-state index in [1.807, 2.05) is 63.2 Å². The van der Waals surface area contributed by atoms with E-state index < -0.39 is 5.92 Å². The van der Waals surface area contributed by atoms with Crippen LogP contribution < -0.4 is 9.47 Å². The average Bonchev–Trinajstić information content (AvgIpc) is 2.60. The Morgan fingerprint density at radius 3 is 2.81 bits per heavy atom. The Labute approximate surface area is 152 Å². The Hall–Kier alpha value is -2.95. The molecular formula is C21H20N2O3. The molecule has 0 N–H and O–H groups in total. The third-order valence-electron chi connectivity index (χ3n) is 4.35. The fourth-order valence-corrected chi connectivity index (χ4v) is 3.17.